The second kappa shape index (κ2) is 6.07. The van der Waals surface area contributed by atoms with Gasteiger partial charge in [0.15, 0.2) is 0 Å². The van der Waals surface area contributed by atoms with Crippen LogP contribution in [0, 0.1) is 0 Å². The number of halogens is 1. The average molecular weight is 269 g/mol. The number of carbonyl (C=O) groups excluding carboxylic acids is 1. The fraction of sp³-hybridized carbons (Fsp3) is 0.462. The highest BCUT2D eigenvalue weighted by atomic mass is 35.5. The average Bonchev–Trinajstić information content (AvgIpc) is 2.41. The summed E-state index contributed by atoms with van der Waals surface area (Å²) in [6.07, 6.45) is 2.23. The van der Waals surface area contributed by atoms with Gasteiger partial charge in [0.1, 0.15) is 0 Å². The van der Waals surface area contributed by atoms with Gasteiger partial charge in [0.05, 0.1) is 12.7 Å². The number of benzene rings is 1. The van der Waals surface area contributed by atoms with E-state index in [2.05, 4.69) is 10.6 Å². The molecule has 1 aliphatic heterocycles. The van der Waals surface area contributed by atoms with Crippen LogP contribution in [-0.2, 0) is 4.74 Å². The van der Waals surface area contributed by atoms with Crippen molar-refractivity contribution >= 4 is 23.3 Å². The van der Waals surface area contributed by atoms with Crippen molar-refractivity contribution in [1.82, 2.24) is 5.32 Å². The monoisotopic (exact) mass is 268 g/mol. The summed E-state index contributed by atoms with van der Waals surface area (Å²) in [5.74, 6) is -0.372. The molecule has 4 nitrogen and oxygen atoms in total. The summed E-state index contributed by atoms with van der Waals surface area (Å²) in [5.41, 5.74) is 1.26. The van der Waals surface area contributed by atoms with Gasteiger partial charge in [0.2, 0.25) is 0 Å². The highest BCUT2D eigenvalue weighted by Gasteiger charge is 2.17. The molecular weight excluding hydrogens is 252 g/mol. The van der Waals surface area contributed by atoms with Gasteiger partial charge in [-0.1, -0.05) is 11.6 Å². The number of anilines is 1. The third kappa shape index (κ3) is 3.15. The molecule has 0 aromatic heterocycles. The molecule has 1 atom stereocenters. The number of piperidine rings is 1. The van der Waals surface area contributed by atoms with Crippen molar-refractivity contribution in [2.24, 2.45) is 0 Å². The van der Waals surface area contributed by atoms with E-state index in [-0.39, 0.29) is 5.97 Å². The van der Waals surface area contributed by atoms with Gasteiger partial charge < -0.3 is 15.4 Å². The minimum Gasteiger partial charge on any atom is -0.465 e. The molecule has 1 saturated heterocycles. The molecule has 1 aliphatic rings. The molecule has 1 fully saturated rings. The third-order valence-electron chi connectivity index (χ3n) is 3.04. The highest BCUT2D eigenvalue weighted by Crippen LogP contribution is 2.23. The number of esters is 1. The summed E-state index contributed by atoms with van der Waals surface area (Å²) in [7, 11) is 1.37. The van der Waals surface area contributed by atoms with E-state index in [0.29, 0.717) is 16.6 Å². The molecule has 0 saturated carbocycles. The lowest BCUT2D eigenvalue weighted by Crippen LogP contribution is -2.38. The first-order valence-electron chi connectivity index (χ1n) is 6.06. The van der Waals surface area contributed by atoms with Gasteiger partial charge in [-0.25, -0.2) is 4.79 Å². The van der Waals surface area contributed by atoms with Crippen LogP contribution in [0.3, 0.4) is 0 Å². The number of carbonyl (C=O) groups is 1. The Kier molecular flexibility index (Phi) is 4.44. The first kappa shape index (κ1) is 13.2. The van der Waals surface area contributed by atoms with Crippen molar-refractivity contribution in [1.29, 1.82) is 0 Å². The van der Waals surface area contributed by atoms with Crippen LogP contribution >= 0.6 is 11.6 Å². The van der Waals surface area contributed by atoms with E-state index in [4.69, 9.17) is 16.3 Å². The lowest BCUT2D eigenvalue weighted by atomic mass is 10.1. The molecule has 1 heterocycles. The van der Waals surface area contributed by atoms with Crippen LogP contribution < -0.4 is 10.6 Å². The molecule has 1 aromatic rings. The van der Waals surface area contributed by atoms with Crippen LogP contribution in [0.2, 0.25) is 5.02 Å². The Morgan fingerprint density at radius 3 is 3.06 bits per heavy atom. The Morgan fingerprint density at radius 1 is 1.56 bits per heavy atom. The van der Waals surface area contributed by atoms with Crippen LogP contribution in [0.1, 0.15) is 23.2 Å². The molecule has 0 radical (unpaired) electrons. The Morgan fingerprint density at radius 2 is 2.39 bits per heavy atom. The van der Waals surface area contributed by atoms with E-state index in [1.54, 1.807) is 12.1 Å². The molecular formula is C13H17ClN2O2. The zero-order valence-electron chi connectivity index (χ0n) is 10.3. The van der Waals surface area contributed by atoms with Gasteiger partial charge >= 0.3 is 5.97 Å². The molecule has 5 heteroatoms. The minimum absolute atomic E-state index is 0.336. The number of nitrogens with one attached hydrogen (secondary N) is 2. The number of hydrogen-bond acceptors (Lipinski definition) is 4. The maximum absolute atomic E-state index is 11.7. The van der Waals surface area contributed by atoms with E-state index < -0.39 is 0 Å². The molecule has 1 unspecified atom stereocenters. The van der Waals surface area contributed by atoms with Crippen molar-refractivity contribution in [3.63, 3.8) is 0 Å². The van der Waals surface area contributed by atoms with Crippen molar-refractivity contribution < 1.29 is 9.53 Å². The molecule has 0 spiro atoms. The quantitative estimate of drug-likeness (QED) is 0.826. The standard InChI is InChI=1S/C13H17ClN2O2/c1-18-13(17)11-7-9(14)4-5-12(11)16-10-3-2-6-15-8-10/h4-5,7,10,15-16H,2-3,6,8H2,1H3. The third-order valence-corrected chi connectivity index (χ3v) is 3.28. The molecule has 2 rings (SSSR count). The van der Waals surface area contributed by atoms with Crippen molar-refractivity contribution in [3.05, 3.63) is 28.8 Å². The Hall–Kier alpha value is -1.26. The zero-order valence-corrected chi connectivity index (χ0v) is 11.1. The number of ether oxygens (including phenoxy) is 1. The second-order valence-electron chi connectivity index (χ2n) is 4.37. The number of methoxy groups -OCH3 is 1. The SMILES string of the molecule is COC(=O)c1cc(Cl)ccc1NC1CCCNC1. The minimum atomic E-state index is -0.372. The molecule has 0 bridgehead atoms. The number of rotatable bonds is 3. The van der Waals surface area contributed by atoms with Crippen molar-refractivity contribution in [3.8, 4) is 0 Å². The van der Waals surface area contributed by atoms with Crippen LogP contribution in [0.5, 0.6) is 0 Å². The van der Waals surface area contributed by atoms with E-state index in [1.165, 1.54) is 7.11 Å². The fourth-order valence-electron chi connectivity index (χ4n) is 2.12. The fourth-order valence-corrected chi connectivity index (χ4v) is 2.29. The van der Waals surface area contributed by atoms with E-state index >= 15 is 0 Å². The van der Waals surface area contributed by atoms with E-state index in [9.17, 15) is 4.79 Å². The van der Waals surface area contributed by atoms with E-state index in [1.807, 2.05) is 6.07 Å². The largest absolute Gasteiger partial charge is 0.465 e. The second-order valence-corrected chi connectivity index (χ2v) is 4.81. The van der Waals surface area contributed by atoms with Gasteiger partial charge in [0.25, 0.3) is 0 Å². The Bertz CT molecular complexity index is 431. The van der Waals surface area contributed by atoms with Gasteiger partial charge in [-0.3, -0.25) is 0 Å². The summed E-state index contributed by atoms with van der Waals surface area (Å²) >= 11 is 5.91. The maximum Gasteiger partial charge on any atom is 0.340 e. The van der Waals surface area contributed by atoms with E-state index in [0.717, 1.165) is 31.6 Å². The first-order valence-corrected chi connectivity index (χ1v) is 6.43. The highest BCUT2D eigenvalue weighted by molar-refractivity contribution is 6.31. The summed E-state index contributed by atoms with van der Waals surface area (Å²) in [4.78, 5) is 11.7. The summed E-state index contributed by atoms with van der Waals surface area (Å²) < 4.78 is 4.77. The molecule has 1 aromatic carbocycles. The summed E-state index contributed by atoms with van der Waals surface area (Å²) in [6.45, 7) is 1.96. The van der Waals surface area contributed by atoms with Gasteiger partial charge in [0, 0.05) is 23.3 Å². The van der Waals surface area contributed by atoms with Gasteiger partial charge in [-0.15, -0.1) is 0 Å². The summed E-state index contributed by atoms with van der Waals surface area (Å²) in [6, 6.07) is 5.56. The lowest BCUT2D eigenvalue weighted by molar-refractivity contribution is 0.0602. The molecule has 0 aliphatic carbocycles. The van der Waals surface area contributed by atoms with Crippen LogP contribution in [0.15, 0.2) is 18.2 Å². The normalized spacial score (nSPS) is 19.3. The Balaban J connectivity index is 2.17. The van der Waals surface area contributed by atoms with Crippen LogP contribution in [0.4, 0.5) is 5.69 Å². The molecule has 2 N–H and O–H groups in total. The lowest BCUT2D eigenvalue weighted by Gasteiger charge is -2.25. The predicted molar refractivity (Wildman–Crippen MR) is 72.3 cm³/mol. The van der Waals surface area contributed by atoms with Crippen molar-refractivity contribution in [2.45, 2.75) is 18.9 Å². The Labute approximate surface area is 112 Å². The smallest absolute Gasteiger partial charge is 0.340 e. The first-order chi connectivity index (χ1) is 8.70. The predicted octanol–water partition coefficient (Wildman–Crippen LogP) is 2.29. The molecule has 98 valence electrons. The summed E-state index contributed by atoms with van der Waals surface area (Å²) in [5, 5.41) is 7.22. The molecule has 18 heavy (non-hydrogen) atoms. The van der Waals surface area contributed by atoms with Crippen molar-refractivity contribution in [2.75, 3.05) is 25.5 Å². The van der Waals surface area contributed by atoms with Crippen LogP contribution in [-0.4, -0.2) is 32.2 Å². The van der Waals surface area contributed by atoms with Gasteiger partial charge in [-0.2, -0.15) is 0 Å². The van der Waals surface area contributed by atoms with Gasteiger partial charge in [-0.05, 0) is 37.6 Å². The maximum atomic E-state index is 11.7. The van der Waals surface area contributed by atoms with Crippen LogP contribution in [0.25, 0.3) is 0 Å². The molecule has 0 amide bonds. The topological polar surface area (TPSA) is 50.4 Å². The number of hydrogen-bond donors (Lipinski definition) is 2. The zero-order chi connectivity index (χ0) is 13.0.